The van der Waals surface area contributed by atoms with E-state index >= 15 is 0 Å². The van der Waals surface area contributed by atoms with Crippen LogP contribution in [0.5, 0.6) is 0 Å². The molecule has 5 heteroatoms. The van der Waals surface area contributed by atoms with E-state index in [0.717, 1.165) is 12.4 Å². The number of aryl methyl sites for hydroxylation is 1. The number of carbonyl (C=O) groups is 1. The molecular weight excluding hydrogens is 218 g/mol. The van der Waals surface area contributed by atoms with Crippen molar-refractivity contribution in [1.29, 1.82) is 0 Å². The van der Waals surface area contributed by atoms with Crippen LogP contribution in [0.3, 0.4) is 0 Å². The summed E-state index contributed by atoms with van der Waals surface area (Å²) in [6.45, 7) is 5.18. The third kappa shape index (κ3) is 4.56. The summed E-state index contributed by atoms with van der Waals surface area (Å²) in [5.74, 6) is 0.797. The van der Waals surface area contributed by atoms with Crippen LogP contribution in [0.4, 0.5) is 0 Å². The van der Waals surface area contributed by atoms with Crippen LogP contribution >= 0.6 is 0 Å². The fourth-order valence-electron chi connectivity index (χ4n) is 1.69. The molecule has 1 atom stereocenters. The zero-order chi connectivity index (χ0) is 12.7. The molecule has 0 bridgehead atoms. The molecule has 0 saturated carbocycles. The fraction of sp³-hybridized carbons (Fsp3) is 0.667. The smallest absolute Gasteiger partial charge is 0.305 e. The van der Waals surface area contributed by atoms with E-state index < -0.39 is 0 Å². The maximum absolute atomic E-state index is 11.2. The average molecular weight is 239 g/mol. The third-order valence-electron chi connectivity index (χ3n) is 2.61. The van der Waals surface area contributed by atoms with Gasteiger partial charge >= 0.3 is 5.97 Å². The Bertz CT molecular complexity index is 349. The van der Waals surface area contributed by atoms with Crippen molar-refractivity contribution < 1.29 is 9.53 Å². The zero-order valence-electron chi connectivity index (χ0n) is 10.6. The minimum Gasteiger partial charge on any atom is -0.466 e. The molecule has 1 rings (SSSR count). The first-order chi connectivity index (χ1) is 8.17. The van der Waals surface area contributed by atoms with Gasteiger partial charge in [0, 0.05) is 37.8 Å². The standard InChI is InChI=1S/C12H21N3O2/c1-3-15-8-7-14-11(15)9-10(13)5-6-12(16)17-4-2/h7-8,10H,3-6,9,13H2,1-2H3. The van der Waals surface area contributed by atoms with Gasteiger partial charge in [0.1, 0.15) is 5.82 Å². The molecule has 0 aliphatic heterocycles. The summed E-state index contributed by atoms with van der Waals surface area (Å²) in [5.41, 5.74) is 5.97. The number of hydrogen-bond acceptors (Lipinski definition) is 4. The van der Waals surface area contributed by atoms with Crippen molar-refractivity contribution in [3.63, 3.8) is 0 Å². The number of carbonyl (C=O) groups excluding carboxylic acids is 1. The first-order valence-electron chi connectivity index (χ1n) is 6.08. The van der Waals surface area contributed by atoms with Gasteiger partial charge in [-0.15, -0.1) is 0 Å². The van der Waals surface area contributed by atoms with Crippen molar-refractivity contribution in [2.45, 2.75) is 45.7 Å². The lowest BCUT2D eigenvalue weighted by atomic mass is 10.1. The monoisotopic (exact) mass is 239 g/mol. The number of hydrogen-bond donors (Lipinski definition) is 1. The highest BCUT2D eigenvalue weighted by Gasteiger charge is 2.11. The van der Waals surface area contributed by atoms with Gasteiger partial charge in [0.05, 0.1) is 6.61 Å². The molecule has 1 aromatic heterocycles. The first kappa shape index (κ1) is 13.7. The normalized spacial score (nSPS) is 12.4. The summed E-state index contributed by atoms with van der Waals surface area (Å²) < 4.78 is 6.92. The molecule has 17 heavy (non-hydrogen) atoms. The second kappa shape index (κ2) is 7.06. The van der Waals surface area contributed by atoms with Gasteiger partial charge in [-0.05, 0) is 20.3 Å². The lowest BCUT2D eigenvalue weighted by Crippen LogP contribution is -2.25. The van der Waals surface area contributed by atoms with Crippen LogP contribution in [0, 0.1) is 0 Å². The molecule has 96 valence electrons. The van der Waals surface area contributed by atoms with Gasteiger partial charge in [0.25, 0.3) is 0 Å². The van der Waals surface area contributed by atoms with E-state index in [1.807, 2.05) is 6.20 Å². The van der Waals surface area contributed by atoms with E-state index in [0.29, 0.717) is 25.9 Å². The van der Waals surface area contributed by atoms with Crippen molar-refractivity contribution in [1.82, 2.24) is 9.55 Å². The minimum atomic E-state index is -0.179. The maximum atomic E-state index is 11.2. The van der Waals surface area contributed by atoms with Gasteiger partial charge in [-0.2, -0.15) is 0 Å². The summed E-state index contributed by atoms with van der Waals surface area (Å²) in [6.07, 6.45) is 5.42. The van der Waals surface area contributed by atoms with E-state index in [-0.39, 0.29) is 12.0 Å². The lowest BCUT2D eigenvalue weighted by molar-refractivity contribution is -0.143. The highest BCUT2D eigenvalue weighted by atomic mass is 16.5. The number of aromatic nitrogens is 2. The van der Waals surface area contributed by atoms with Crippen molar-refractivity contribution in [3.05, 3.63) is 18.2 Å². The minimum absolute atomic E-state index is 0.0490. The van der Waals surface area contributed by atoms with E-state index in [2.05, 4.69) is 16.5 Å². The van der Waals surface area contributed by atoms with E-state index in [1.165, 1.54) is 0 Å². The van der Waals surface area contributed by atoms with Crippen LogP contribution in [0.25, 0.3) is 0 Å². The molecule has 0 saturated heterocycles. The number of nitrogens with two attached hydrogens (primary N) is 1. The fourth-order valence-corrected chi connectivity index (χ4v) is 1.69. The van der Waals surface area contributed by atoms with Gasteiger partial charge in [-0.1, -0.05) is 0 Å². The molecule has 1 heterocycles. The zero-order valence-corrected chi connectivity index (χ0v) is 10.6. The second-order valence-electron chi connectivity index (χ2n) is 3.94. The predicted octanol–water partition coefficient (Wildman–Crippen LogP) is 1.12. The van der Waals surface area contributed by atoms with Crippen molar-refractivity contribution in [3.8, 4) is 0 Å². The Morgan fingerprint density at radius 2 is 2.35 bits per heavy atom. The Morgan fingerprint density at radius 1 is 1.59 bits per heavy atom. The first-order valence-corrected chi connectivity index (χ1v) is 6.08. The van der Waals surface area contributed by atoms with E-state index in [4.69, 9.17) is 10.5 Å². The Labute approximate surface area is 102 Å². The summed E-state index contributed by atoms with van der Waals surface area (Å²) in [4.78, 5) is 15.4. The molecule has 0 aliphatic rings. The van der Waals surface area contributed by atoms with Gasteiger partial charge in [0.15, 0.2) is 0 Å². The number of nitrogens with zero attached hydrogens (tertiary/aromatic N) is 2. The molecule has 1 unspecified atom stereocenters. The molecule has 0 aromatic carbocycles. The van der Waals surface area contributed by atoms with E-state index in [1.54, 1.807) is 13.1 Å². The summed E-state index contributed by atoms with van der Waals surface area (Å²) in [6, 6.07) is -0.0490. The van der Waals surface area contributed by atoms with Gasteiger partial charge in [0.2, 0.25) is 0 Å². The van der Waals surface area contributed by atoms with Gasteiger partial charge in [-0.25, -0.2) is 4.98 Å². The Balaban J connectivity index is 2.34. The summed E-state index contributed by atoms with van der Waals surface area (Å²) >= 11 is 0. The largest absolute Gasteiger partial charge is 0.466 e. The molecular formula is C12H21N3O2. The molecule has 0 spiro atoms. The molecule has 0 amide bonds. The van der Waals surface area contributed by atoms with E-state index in [9.17, 15) is 4.79 Å². The molecule has 5 nitrogen and oxygen atoms in total. The molecule has 0 aliphatic carbocycles. The second-order valence-corrected chi connectivity index (χ2v) is 3.94. The van der Waals surface area contributed by atoms with Crippen molar-refractivity contribution in [2.75, 3.05) is 6.61 Å². The quantitative estimate of drug-likeness (QED) is 0.724. The van der Waals surface area contributed by atoms with Crippen LogP contribution in [0.1, 0.15) is 32.5 Å². The highest BCUT2D eigenvalue weighted by molar-refractivity contribution is 5.69. The van der Waals surface area contributed by atoms with Gasteiger partial charge < -0.3 is 15.0 Å². The number of esters is 1. The topological polar surface area (TPSA) is 70.1 Å². The van der Waals surface area contributed by atoms with Crippen LogP contribution in [-0.2, 0) is 22.5 Å². The van der Waals surface area contributed by atoms with Crippen LogP contribution in [0.2, 0.25) is 0 Å². The average Bonchev–Trinajstić information content (AvgIpc) is 2.74. The Kier molecular flexibility index (Phi) is 5.69. The molecule has 0 radical (unpaired) electrons. The van der Waals surface area contributed by atoms with Crippen molar-refractivity contribution in [2.24, 2.45) is 5.73 Å². The lowest BCUT2D eigenvalue weighted by Gasteiger charge is -2.11. The SMILES string of the molecule is CCOC(=O)CCC(N)Cc1nccn1CC. The number of rotatable bonds is 7. The molecule has 1 aromatic rings. The van der Waals surface area contributed by atoms with Crippen LogP contribution in [0.15, 0.2) is 12.4 Å². The predicted molar refractivity (Wildman–Crippen MR) is 65.4 cm³/mol. The Hall–Kier alpha value is -1.36. The molecule has 0 fully saturated rings. The third-order valence-corrected chi connectivity index (χ3v) is 2.61. The summed E-state index contributed by atoms with van der Waals surface area (Å²) in [5, 5.41) is 0. The summed E-state index contributed by atoms with van der Waals surface area (Å²) in [7, 11) is 0. The highest BCUT2D eigenvalue weighted by Crippen LogP contribution is 2.05. The number of ether oxygens (including phenoxy) is 1. The number of imidazole rings is 1. The van der Waals surface area contributed by atoms with Crippen molar-refractivity contribution >= 4 is 5.97 Å². The van der Waals surface area contributed by atoms with Crippen LogP contribution in [-0.4, -0.2) is 28.2 Å². The van der Waals surface area contributed by atoms with Gasteiger partial charge in [-0.3, -0.25) is 4.79 Å². The van der Waals surface area contributed by atoms with Crippen LogP contribution < -0.4 is 5.73 Å². The maximum Gasteiger partial charge on any atom is 0.305 e. The Morgan fingerprint density at radius 3 is 3.00 bits per heavy atom. The molecule has 2 N–H and O–H groups in total.